The second-order valence-corrected chi connectivity index (χ2v) is 8.69. The minimum absolute atomic E-state index is 0.0154. The van der Waals surface area contributed by atoms with Gasteiger partial charge < -0.3 is 20.1 Å². The van der Waals surface area contributed by atoms with Crippen molar-refractivity contribution in [2.75, 3.05) is 63.8 Å². The molecule has 152 valence electrons. The van der Waals surface area contributed by atoms with Crippen LogP contribution in [0.4, 0.5) is 11.6 Å². The Labute approximate surface area is 179 Å². The normalized spacial score (nSPS) is 18.7. The van der Waals surface area contributed by atoms with E-state index in [9.17, 15) is 10.1 Å². The molecule has 2 aromatic rings. The summed E-state index contributed by atoms with van der Waals surface area (Å²) in [4.78, 5) is 20.8. The monoisotopic (exact) mass is 515 g/mol. The fourth-order valence-corrected chi connectivity index (χ4v) is 4.70. The lowest BCUT2D eigenvalue weighted by Crippen LogP contribution is -2.46. The van der Waals surface area contributed by atoms with Gasteiger partial charge in [-0.1, -0.05) is 0 Å². The van der Waals surface area contributed by atoms with Crippen LogP contribution in [0.25, 0.3) is 11.0 Å². The SMILES string of the molecule is O=[N+]([O-])c1c(Br)c(Br)cc2c1nc(N1CCNCC1)n2CCN1CCNCC1. The topological polar surface area (TPSA) is 91.5 Å². The number of rotatable bonds is 5. The first-order valence-electron chi connectivity index (χ1n) is 9.47. The molecule has 0 amide bonds. The molecule has 2 saturated heterocycles. The molecule has 28 heavy (non-hydrogen) atoms. The van der Waals surface area contributed by atoms with Crippen molar-refractivity contribution in [3.05, 3.63) is 25.1 Å². The van der Waals surface area contributed by atoms with Crippen LogP contribution in [0.1, 0.15) is 0 Å². The molecule has 1 aromatic carbocycles. The maximum absolute atomic E-state index is 11.8. The van der Waals surface area contributed by atoms with E-state index in [0.29, 0.717) is 14.5 Å². The van der Waals surface area contributed by atoms with E-state index in [2.05, 4.69) is 56.9 Å². The predicted octanol–water partition coefficient (Wildman–Crippen LogP) is 1.78. The Morgan fingerprint density at radius 3 is 2.36 bits per heavy atom. The highest BCUT2D eigenvalue weighted by Crippen LogP contribution is 2.40. The number of anilines is 1. The second-order valence-electron chi connectivity index (χ2n) is 7.04. The lowest BCUT2D eigenvalue weighted by atomic mass is 10.2. The summed E-state index contributed by atoms with van der Waals surface area (Å²) in [5, 5.41) is 18.5. The zero-order valence-corrected chi connectivity index (χ0v) is 18.6. The average molecular weight is 517 g/mol. The van der Waals surface area contributed by atoms with Gasteiger partial charge >= 0.3 is 5.69 Å². The molecule has 0 bridgehead atoms. The summed E-state index contributed by atoms with van der Waals surface area (Å²) < 4.78 is 3.25. The van der Waals surface area contributed by atoms with Gasteiger partial charge in [0.2, 0.25) is 5.95 Å². The lowest BCUT2D eigenvalue weighted by molar-refractivity contribution is -0.384. The number of imidazole rings is 1. The number of hydrogen-bond acceptors (Lipinski definition) is 7. The predicted molar refractivity (Wildman–Crippen MR) is 116 cm³/mol. The van der Waals surface area contributed by atoms with Gasteiger partial charge in [-0.05, 0) is 37.9 Å². The average Bonchev–Trinajstić information content (AvgIpc) is 3.06. The third-order valence-corrected chi connectivity index (χ3v) is 7.28. The van der Waals surface area contributed by atoms with E-state index < -0.39 is 0 Å². The van der Waals surface area contributed by atoms with Gasteiger partial charge in [-0.15, -0.1) is 0 Å². The molecule has 2 aliphatic heterocycles. The molecule has 0 saturated carbocycles. The maximum atomic E-state index is 11.8. The van der Waals surface area contributed by atoms with Gasteiger partial charge in [0.25, 0.3) is 0 Å². The van der Waals surface area contributed by atoms with Gasteiger partial charge in [0.05, 0.1) is 10.4 Å². The standard InChI is InChI=1S/C17H23Br2N7O2/c18-12-11-13-15(16(14(12)19)26(27)28)22-17(24-7-3-21-4-8-24)25(13)10-9-23-5-1-20-2-6-23/h11,20-21H,1-10H2. The number of aromatic nitrogens is 2. The van der Waals surface area contributed by atoms with Crippen LogP contribution in [-0.2, 0) is 6.54 Å². The molecular weight excluding hydrogens is 494 g/mol. The number of halogens is 2. The Kier molecular flexibility index (Phi) is 6.16. The van der Waals surface area contributed by atoms with E-state index >= 15 is 0 Å². The van der Waals surface area contributed by atoms with E-state index in [1.165, 1.54) is 0 Å². The molecule has 0 spiro atoms. The molecule has 9 nitrogen and oxygen atoms in total. The van der Waals surface area contributed by atoms with Crippen molar-refractivity contribution in [1.82, 2.24) is 25.1 Å². The van der Waals surface area contributed by atoms with Crippen LogP contribution < -0.4 is 15.5 Å². The van der Waals surface area contributed by atoms with Crippen LogP contribution in [0.15, 0.2) is 15.0 Å². The molecule has 2 aliphatic rings. The van der Waals surface area contributed by atoms with Crippen LogP contribution in [0.5, 0.6) is 0 Å². The number of nitrogens with one attached hydrogen (secondary N) is 2. The lowest BCUT2D eigenvalue weighted by Gasteiger charge is -2.30. The molecule has 11 heteroatoms. The minimum atomic E-state index is -0.355. The van der Waals surface area contributed by atoms with Gasteiger partial charge in [-0.2, -0.15) is 0 Å². The van der Waals surface area contributed by atoms with Crippen LogP contribution >= 0.6 is 31.9 Å². The Morgan fingerprint density at radius 2 is 1.71 bits per heavy atom. The Balaban J connectivity index is 1.77. The molecule has 0 aliphatic carbocycles. The van der Waals surface area contributed by atoms with Crippen molar-refractivity contribution in [2.45, 2.75) is 6.54 Å². The Bertz CT molecular complexity index is 876. The molecule has 4 rings (SSSR count). The fourth-order valence-electron chi connectivity index (χ4n) is 3.84. The summed E-state index contributed by atoms with van der Waals surface area (Å²) in [6.45, 7) is 9.14. The maximum Gasteiger partial charge on any atom is 0.312 e. The molecule has 3 heterocycles. The van der Waals surface area contributed by atoms with Crippen LogP contribution in [0.2, 0.25) is 0 Å². The van der Waals surface area contributed by atoms with E-state index in [1.54, 1.807) is 0 Å². The summed E-state index contributed by atoms with van der Waals surface area (Å²) >= 11 is 6.82. The first-order chi connectivity index (χ1) is 13.6. The molecule has 1 aromatic heterocycles. The summed E-state index contributed by atoms with van der Waals surface area (Å²) in [7, 11) is 0. The van der Waals surface area contributed by atoms with E-state index in [-0.39, 0.29) is 10.6 Å². The number of nitrogens with zero attached hydrogens (tertiary/aromatic N) is 5. The van der Waals surface area contributed by atoms with E-state index in [0.717, 1.165) is 76.9 Å². The van der Waals surface area contributed by atoms with Crippen molar-refractivity contribution < 1.29 is 4.92 Å². The van der Waals surface area contributed by atoms with Crippen molar-refractivity contribution in [1.29, 1.82) is 0 Å². The Morgan fingerprint density at radius 1 is 1.07 bits per heavy atom. The van der Waals surface area contributed by atoms with Crippen molar-refractivity contribution in [3.8, 4) is 0 Å². The highest BCUT2D eigenvalue weighted by Gasteiger charge is 2.28. The fraction of sp³-hybridized carbons (Fsp3) is 0.588. The van der Waals surface area contributed by atoms with Gasteiger partial charge in [0.1, 0.15) is 4.47 Å². The van der Waals surface area contributed by atoms with E-state index in [4.69, 9.17) is 4.98 Å². The van der Waals surface area contributed by atoms with Crippen LogP contribution in [0.3, 0.4) is 0 Å². The quantitative estimate of drug-likeness (QED) is 0.462. The minimum Gasteiger partial charge on any atom is -0.340 e. The third-order valence-electron chi connectivity index (χ3n) is 5.32. The number of piperazine rings is 2. The molecular formula is C17H23Br2N7O2. The summed E-state index contributed by atoms with van der Waals surface area (Å²) in [6, 6.07) is 1.93. The highest BCUT2D eigenvalue weighted by molar-refractivity contribution is 9.13. The first kappa shape index (κ1) is 20.0. The second kappa shape index (κ2) is 8.62. The van der Waals surface area contributed by atoms with Gasteiger partial charge in [0.15, 0.2) is 5.52 Å². The van der Waals surface area contributed by atoms with Crippen molar-refractivity contribution >= 4 is 54.5 Å². The smallest absolute Gasteiger partial charge is 0.312 e. The Hall–Kier alpha value is -1.27. The third kappa shape index (κ3) is 3.90. The van der Waals surface area contributed by atoms with Gasteiger partial charge in [-0.3, -0.25) is 15.0 Å². The van der Waals surface area contributed by atoms with Gasteiger partial charge in [-0.25, -0.2) is 4.98 Å². The number of nitro groups is 1. The zero-order chi connectivity index (χ0) is 19.7. The van der Waals surface area contributed by atoms with Crippen LogP contribution in [0, 0.1) is 10.1 Å². The first-order valence-corrected chi connectivity index (χ1v) is 11.1. The molecule has 2 fully saturated rings. The molecule has 0 radical (unpaired) electrons. The number of nitro benzene ring substituents is 1. The molecule has 0 unspecified atom stereocenters. The van der Waals surface area contributed by atoms with Gasteiger partial charge in [0, 0.05) is 69.9 Å². The van der Waals surface area contributed by atoms with Crippen LogP contribution in [-0.4, -0.2) is 78.3 Å². The van der Waals surface area contributed by atoms with E-state index in [1.807, 2.05) is 6.07 Å². The summed E-state index contributed by atoms with van der Waals surface area (Å²) in [5.41, 5.74) is 1.25. The zero-order valence-electron chi connectivity index (χ0n) is 15.5. The number of hydrogen-bond donors (Lipinski definition) is 2. The van der Waals surface area contributed by atoms with Crippen molar-refractivity contribution in [3.63, 3.8) is 0 Å². The van der Waals surface area contributed by atoms with Crippen molar-refractivity contribution in [2.24, 2.45) is 0 Å². The largest absolute Gasteiger partial charge is 0.340 e. The molecule has 2 N–H and O–H groups in total. The molecule has 0 atom stereocenters. The summed E-state index contributed by atoms with van der Waals surface area (Å²) in [6.07, 6.45) is 0. The number of benzene rings is 1. The highest BCUT2D eigenvalue weighted by atomic mass is 79.9. The summed E-state index contributed by atoms with van der Waals surface area (Å²) in [5.74, 6) is 0.819. The number of fused-ring (bicyclic) bond motifs is 1.